The van der Waals surface area contributed by atoms with Crippen LogP contribution in [0.25, 0.3) is 0 Å². The Balaban J connectivity index is 2.20. The highest BCUT2D eigenvalue weighted by Crippen LogP contribution is 2.28. The number of para-hydroxylation sites is 1. The molecule has 0 radical (unpaired) electrons. The van der Waals surface area contributed by atoms with E-state index >= 15 is 0 Å². The van der Waals surface area contributed by atoms with Gasteiger partial charge in [-0.1, -0.05) is 25.1 Å². The number of ether oxygens (including phenoxy) is 1. The summed E-state index contributed by atoms with van der Waals surface area (Å²) in [6.45, 7) is 5.89. The van der Waals surface area contributed by atoms with Crippen LogP contribution in [0.1, 0.15) is 36.9 Å². The van der Waals surface area contributed by atoms with E-state index in [-0.39, 0.29) is 6.04 Å². The fraction of sp³-hybridized carbons (Fsp3) is 0.438. The van der Waals surface area contributed by atoms with Gasteiger partial charge in [0.2, 0.25) is 0 Å². The number of hydrogen-bond acceptors (Lipinski definition) is 4. The zero-order valence-corrected chi connectivity index (χ0v) is 13.0. The van der Waals surface area contributed by atoms with Crippen molar-refractivity contribution < 1.29 is 4.74 Å². The third kappa shape index (κ3) is 4.05. The molecule has 0 saturated heterocycles. The molecule has 0 aliphatic rings. The molecule has 1 aromatic carbocycles. The summed E-state index contributed by atoms with van der Waals surface area (Å²) < 4.78 is 5.76. The Labute approximate surface area is 125 Å². The lowest BCUT2D eigenvalue weighted by atomic mass is 10.0. The minimum absolute atomic E-state index is 0.254. The summed E-state index contributed by atoms with van der Waals surface area (Å²) in [6.07, 6.45) is 3.89. The molecule has 20 heavy (non-hydrogen) atoms. The maximum atomic E-state index is 5.76. The van der Waals surface area contributed by atoms with Crippen LogP contribution in [-0.2, 0) is 6.42 Å². The first-order valence-electron chi connectivity index (χ1n) is 7.18. The Bertz CT molecular complexity index is 499. The summed E-state index contributed by atoms with van der Waals surface area (Å²) >= 11 is 1.71. The molecule has 1 atom stereocenters. The van der Waals surface area contributed by atoms with E-state index < -0.39 is 0 Å². The summed E-state index contributed by atoms with van der Waals surface area (Å²) in [7, 11) is 0. The van der Waals surface area contributed by atoms with E-state index in [1.54, 1.807) is 11.3 Å². The van der Waals surface area contributed by atoms with Crippen molar-refractivity contribution in [2.24, 2.45) is 0 Å². The average molecular weight is 290 g/mol. The Morgan fingerprint density at radius 2 is 2.15 bits per heavy atom. The van der Waals surface area contributed by atoms with Crippen LogP contribution < -0.4 is 10.1 Å². The largest absolute Gasteiger partial charge is 0.494 e. The number of nitrogens with zero attached hydrogens (tertiary/aromatic N) is 1. The second-order valence-electron chi connectivity index (χ2n) is 4.61. The highest BCUT2D eigenvalue weighted by Gasteiger charge is 2.17. The van der Waals surface area contributed by atoms with Crippen molar-refractivity contribution in [1.82, 2.24) is 10.3 Å². The molecule has 2 rings (SSSR count). The maximum absolute atomic E-state index is 5.76. The van der Waals surface area contributed by atoms with Crippen LogP contribution in [0.3, 0.4) is 0 Å². The summed E-state index contributed by atoms with van der Waals surface area (Å²) in [6, 6.07) is 8.53. The molecule has 0 fully saturated rings. The van der Waals surface area contributed by atoms with Gasteiger partial charge in [-0.2, -0.15) is 0 Å². The second-order valence-corrected chi connectivity index (χ2v) is 5.59. The lowest BCUT2D eigenvalue weighted by molar-refractivity contribution is 0.331. The van der Waals surface area contributed by atoms with Crippen LogP contribution in [0.2, 0.25) is 0 Å². The normalized spacial score (nSPS) is 12.3. The van der Waals surface area contributed by atoms with Gasteiger partial charge in [-0.05, 0) is 26.0 Å². The third-order valence-corrected chi connectivity index (χ3v) is 3.90. The molecule has 0 aliphatic carbocycles. The highest BCUT2D eigenvalue weighted by atomic mass is 32.1. The van der Waals surface area contributed by atoms with E-state index in [0.717, 1.165) is 30.1 Å². The fourth-order valence-electron chi connectivity index (χ4n) is 2.19. The van der Waals surface area contributed by atoms with Crippen molar-refractivity contribution in [3.8, 4) is 5.75 Å². The van der Waals surface area contributed by atoms with Gasteiger partial charge in [0.25, 0.3) is 0 Å². The molecule has 108 valence electrons. The van der Waals surface area contributed by atoms with Crippen LogP contribution in [-0.4, -0.2) is 18.1 Å². The van der Waals surface area contributed by atoms with Gasteiger partial charge in [0.15, 0.2) is 0 Å². The predicted molar refractivity (Wildman–Crippen MR) is 84.5 cm³/mol. The molecule has 2 aromatic rings. The Hall–Kier alpha value is -1.39. The van der Waals surface area contributed by atoms with Crippen molar-refractivity contribution in [1.29, 1.82) is 0 Å². The SMILES string of the molecule is CCCNC(Cc1nccs1)c1ccccc1OCC. The summed E-state index contributed by atoms with van der Waals surface area (Å²) in [4.78, 5) is 4.40. The van der Waals surface area contributed by atoms with Gasteiger partial charge in [-0.15, -0.1) is 11.3 Å². The van der Waals surface area contributed by atoms with Gasteiger partial charge in [0.05, 0.1) is 11.6 Å². The summed E-state index contributed by atoms with van der Waals surface area (Å²) in [5.41, 5.74) is 1.22. The highest BCUT2D eigenvalue weighted by molar-refractivity contribution is 7.09. The van der Waals surface area contributed by atoms with E-state index in [0.29, 0.717) is 6.61 Å². The first kappa shape index (κ1) is 15.0. The number of aromatic nitrogens is 1. The first-order valence-corrected chi connectivity index (χ1v) is 8.06. The van der Waals surface area contributed by atoms with Crippen LogP contribution in [0.5, 0.6) is 5.75 Å². The zero-order chi connectivity index (χ0) is 14.2. The number of thiazole rings is 1. The lowest BCUT2D eigenvalue weighted by Crippen LogP contribution is -2.24. The van der Waals surface area contributed by atoms with Crippen LogP contribution >= 0.6 is 11.3 Å². The molecule has 0 bridgehead atoms. The maximum Gasteiger partial charge on any atom is 0.124 e. The van der Waals surface area contributed by atoms with E-state index in [4.69, 9.17) is 4.74 Å². The third-order valence-electron chi connectivity index (χ3n) is 3.10. The van der Waals surface area contributed by atoms with Gasteiger partial charge >= 0.3 is 0 Å². The van der Waals surface area contributed by atoms with Gasteiger partial charge < -0.3 is 10.1 Å². The molecule has 0 spiro atoms. The van der Waals surface area contributed by atoms with Gasteiger partial charge in [0, 0.05) is 29.6 Å². The number of hydrogen-bond donors (Lipinski definition) is 1. The van der Waals surface area contributed by atoms with Crippen molar-refractivity contribution >= 4 is 11.3 Å². The summed E-state index contributed by atoms with van der Waals surface area (Å²) in [5, 5.41) is 6.80. The number of rotatable bonds is 8. The quantitative estimate of drug-likeness (QED) is 0.802. The van der Waals surface area contributed by atoms with Crippen molar-refractivity contribution in [2.45, 2.75) is 32.7 Å². The molecule has 1 heterocycles. The average Bonchev–Trinajstić information content (AvgIpc) is 2.97. The molecular formula is C16H22N2OS. The number of benzene rings is 1. The Morgan fingerprint density at radius 3 is 2.85 bits per heavy atom. The van der Waals surface area contributed by atoms with Gasteiger partial charge in [0.1, 0.15) is 5.75 Å². The fourth-order valence-corrected chi connectivity index (χ4v) is 2.86. The minimum Gasteiger partial charge on any atom is -0.494 e. The van der Waals surface area contributed by atoms with Crippen LogP contribution in [0.15, 0.2) is 35.8 Å². The molecule has 1 aromatic heterocycles. The molecule has 1 unspecified atom stereocenters. The molecular weight excluding hydrogens is 268 g/mol. The minimum atomic E-state index is 0.254. The molecule has 4 heteroatoms. The van der Waals surface area contributed by atoms with Gasteiger partial charge in [-0.25, -0.2) is 4.98 Å². The van der Waals surface area contributed by atoms with Gasteiger partial charge in [-0.3, -0.25) is 0 Å². The number of nitrogens with one attached hydrogen (secondary N) is 1. The molecule has 0 amide bonds. The topological polar surface area (TPSA) is 34.2 Å². The monoisotopic (exact) mass is 290 g/mol. The molecule has 3 nitrogen and oxygen atoms in total. The lowest BCUT2D eigenvalue weighted by Gasteiger charge is -2.21. The van der Waals surface area contributed by atoms with Crippen molar-refractivity contribution in [2.75, 3.05) is 13.2 Å². The smallest absolute Gasteiger partial charge is 0.124 e. The van der Waals surface area contributed by atoms with Crippen molar-refractivity contribution in [3.05, 3.63) is 46.4 Å². The molecule has 0 saturated carbocycles. The second kappa shape index (κ2) is 8.02. The zero-order valence-electron chi connectivity index (χ0n) is 12.1. The van der Waals surface area contributed by atoms with Crippen molar-refractivity contribution in [3.63, 3.8) is 0 Å². The Kier molecular flexibility index (Phi) is 6.02. The molecule has 0 aliphatic heterocycles. The van der Waals surface area contributed by atoms with E-state index in [2.05, 4.69) is 29.4 Å². The standard InChI is InChI=1S/C16H22N2OS/c1-3-9-17-14(12-16-18-10-11-20-16)13-7-5-6-8-15(13)19-4-2/h5-8,10-11,14,17H,3-4,9,12H2,1-2H3. The van der Waals surface area contributed by atoms with Crippen LogP contribution in [0.4, 0.5) is 0 Å². The summed E-state index contributed by atoms with van der Waals surface area (Å²) in [5.74, 6) is 0.972. The van der Waals surface area contributed by atoms with E-state index in [1.807, 2.05) is 30.6 Å². The van der Waals surface area contributed by atoms with E-state index in [9.17, 15) is 0 Å². The first-order chi connectivity index (χ1) is 9.85. The Morgan fingerprint density at radius 1 is 1.30 bits per heavy atom. The molecule has 1 N–H and O–H groups in total. The predicted octanol–water partition coefficient (Wildman–Crippen LogP) is 3.83. The van der Waals surface area contributed by atoms with Crippen LogP contribution in [0, 0.1) is 0 Å². The van der Waals surface area contributed by atoms with E-state index in [1.165, 1.54) is 5.56 Å².